The molecule has 0 radical (unpaired) electrons. The van der Waals surface area contributed by atoms with Crippen molar-refractivity contribution in [1.29, 1.82) is 0 Å². The van der Waals surface area contributed by atoms with E-state index in [1.54, 1.807) is 0 Å². The monoisotopic (exact) mass is 185 g/mol. The molecule has 1 aliphatic rings. The Kier molecular flexibility index (Phi) is 4.70. The molecular formula is C10H23N3. The lowest BCUT2D eigenvalue weighted by Gasteiger charge is -2.42. The molecule has 3 nitrogen and oxygen atoms in total. The SMILES string of the molecule is CC(C)N1CC(CNCCCN)C1. The van der Waals surface area contributed by atoms with Gasteiger partial charge in [0.1, 0.15) is 0 Å². The van der Waals surface area contributed by atoms with Crippen LogP contribution in [0.4, 0.5) is 0 Å². The Labute approximate surface area is 81.7 Å². The molecule has 1 aliphatic heterocycles. The second kappa shape index (κ2) is 5.58. The zero-order valence-corrected chi connectivity index (χ0v) is 8.92. The van der Waals surface area contributed by atoms with Gasteiger partial charge in [-0.3, -0.25) is 0 Å². The van der Waals surface area contributed by atoms with Gasteiger partial charge in [-0.25, -0.2) is 0 Å². The minimum absolute atomic E-state index is 0.722. The fraction of sp³-hybridized carbons (Fsp3) is 1.00. The van der Waals surface area contributed by atoms with Crippen molar-refractivity contribution >= 4 is 0 Å². The predicted molar refractivity (Wildman–Crippen MR) is 56.7 cm³/mol. The maximum atomic E-state index is 5.41. The molecule has 1 rings (SSSR count). The molecular weight excluding hydrogens is 162 g/mol. The summed E-state index contributed by atoms with van der Waals surface area (Å²) in [7, 11) is 0. The van der Waals surface area contributed by atoms with Crippen LogP contribution < -0.4 is 11.1 Å². The zero-order chi connectivity index (χ0) is 9.68. The Morgan fingerprint density at radius 3 is 2.69 bits per heavy atom. The molecule has 0 unspecified atom stereocenters. The molecule has 1 saturated heterocycles. The molecule has 3 N–H and O–H groups in total. The molecule has 0 spiro atoms. The van der Waals surface area contributed by atoms with Crippen LogP contribution in [0.5, 0.6) is 0 Å². The van der Waals surface area contributed by atoms with Gasteiger partial charge in [0, 0.05) is 25.7 Å². The van der Waals surface area contributed by atoms with Crippen LogP contribution in [0.25, 0.3) is 0 Å². The van der Waals surface area contributed by atoms with Gasteiger partial charge >= 0.3 is 0 Å². The van der Waals surface area contributed by atoms with Crippen molar-refractivity contribution in [1.82, 2.24) is 10.2 Å². The molecule has 0 saturated carbocycles. The highest BCUT2D eigenvalue weighted by Gasteiger charge is 2.27. The van der Waals surface area contributed by atoms with E-state index in [0.717, 1.165) is 31.5 Å². The van der Waals surface area contributed by atoms with Crippen molar-refractivity contribution in [3.63, 3.8) is 0 Å². The number of hydrogen-bond acceptors (Lipinski definition) is 3. The Balaban J connectivity index is 1.90. The number of likely N-dealkylation sites (tertiary alicyclic amines) is 1. The number of hydrogen-bond donors (Lipinski definition) is 2. The summed E-state index contributed by atoms with van der Waals surface area (Å²) >= 11 is 0. The lowest BCUT2D eigenvalue weighted by molar-refractivity contribution is 0.0678. The van der Waals surface area contributed by atoms with E-state index in [0.29, 0.717) is 0 Å². The van der Waals surface area contributed by atoms with Crippen LogP contribution >= 0.6 is 0 Å². The number of nitrogens with one attached hydrogen (secondary N) is 1. The quantitative estimate of drug-likeness (QED) is 0.583. The molecule has 78 valence electrons. The highest BCUT2D eigenvalue weighted by Crippen LogP contribution is 2.16. The van der Waals surface area contributed by atoms with Crippen molar-refractivity contribution in [3.8, 4) is 0 Å². The Bertz CT molecular complexity index is 130. The third-order valence-corrected chi connectivity index (χ3v) is 2.71. The first kappa shape index (κ1) is 11.0. The molecule has 0 aromatic rings. The number of nitrogens with zero attached hydrogens (tertiary/aromatic N) is 1. The smallest absolute Gasteiger partial charge is 0.00388 e. The fourth-order valence-corrected chi connectivity index (χ4v) is 1.69. The van der Waals surface area contributed by atoms with Gasteiger partial charge in [-0.05, 0) is 39.3 Å². The largest absolute Gasteiger partial charge is 0.330 e. The topological polar surface area (TPSA) is 41.3 Å². The fourth-order valence-electron chi connectivity index (χ4n) is 1.69. The summed E-state index contributed by atoms with van der Waals surface area (Å²) in [6, 6.07) is 0.722. The summed E-state index contributed by atoms with van der Waals surface area (Å²) in [4.78, 5) is 2.51. The number of nitrogens with two attached hydrogens (primary N) is 1. The summed E-state index contributed by atoms with van der Waals surface area (Å²) in [6.07, 6.45) is 1.10. The van der Waals surface area contributed by atoms with Crippen molar-refractivity contribution in [2.45, 2.75) is 26.3 Å². The third kappa shape index (κ3) is 3.63. The third-order valence-electron chi connectivity index (χ3n) is 2.71. The highest BCUT2D eigenvalue weighted by atomic mass is 15.2. The van der Waals surface area contributed by atoms with Gasteiger partial charge in [0.05, 0.1) is 0 Å². The first-order valence-electron chi connectivity index (χ1n) is 5.39. The molecule has 13 heavy (non-hydrogen) atoms. The lowest BCUT2D eigenvalue weighted by Crippen LogP contribution is -2.53. The van der Waals surface area contributed by atoms with E-state index in [1.165, 1.54) is 19.6 Å². The zero-order valence-electron chi connectivity index (χ0n) is 8.92. The van der Waals surface area contributed by atoms with Crippen LogP contribution in [0.15, 0.2) is 0 Å². The van der Waals surface area contributed by atoms with Crippen molar-refractivity contribution < 1.29 is 0 Å². The van der Waals surface area contributed by atoms with Crippen molar-refractivity contribution in [2.24, 2.45) is 11.7 Å². The van der Waals surface area contributed by atoms with E-state index in [9.17, 15) is 0 Å². The van der Waals surface area contributed by atoms with Gasteiger partial charge in [0.2, 0.25) is 0 Å². The van der Waals surface area contributed by atoms with Crippen molar-refractivity contribution in [2.75, 3.05) is 32.7 Å². The molecule has 0 amide bonds. The van der Waals surface area contributed by atoms with Gasteiger partial charge in [-0.1, -0.05) is 0 Å². The second-order valence-corrected chi connectivity index (χ2v) is 4.26. The average molecular weight is 185 g/mol. The van der Waals surface area contributed by atoms with Crippen LogP contribution in [-0.4, -0.2) is 43.7 Å². The minimum atomic E-state index is 0.722. The number of rotatable bonds is 6. The minimum Gasteiger partial charge on any atom is -0.330 e. The van der Waals surface area contributed by atoms with E-state index >= 15 is 0 Å². The molecule has 0 aromatic carbocycles. The van der Waals surface area contributed by atoms with Gasteiger partial charge < -0.3 is 16.0 Å². The van der Waals surface area contributed by atoms with Crippen LogP contribution in [0.1, 0.15) is 20.3 Å². The van der Waals surface area contributed by atoms with E-state index < -0.39 is 0 Å². The van der Waals surface area contributed by atoms with Crippen LogP contribution in [0.3, 0.4) is 0 Å². The Morgan fingerprint density at radius 1 is 1.46 bits per heavy atom. The first-order valence-corrected chi connectivity index (χ1v) is 5.39. The van der Waals surface area contributed by atoms with Crippen LogP contribution in [0.2, 0.25) is 0 Å². The van der Waals surface area contributed by atoms with Crippen LogP contribution in [0, 0.1) is 5.92 Å². The maximum absolute atomic E-state index is 5.41. The van der Waals surface area contributed by atoms with Gasteiger partial charge in [-0.2, -0.15) is 0 Å². The Hall–Kier alpha value is -0.120. The summed E-state index contributed by atoms with van der Waals surface area (Å²) in [6.45, 7) is 10.1. The van der Waals surface area contributed by atoms with E-state index in [1.807, 2.05) is 0 Å². The first-order chi connectivity index (χ1) is 6.24. The van der Waals surface area contributed by atoms with E-state index in [2.05, 4.69) is 24.1 Å². The van der Waals surface area contributed by atoms with Gasteiger partial charge in [0.25, 0.3) is 0 Å². The van der Waals surface area contributed by atoms with E-state index in [4.69, 9.17) is 5.73 Å². The second-order valence-electron chi connectivity index (χ2n) is 4.26. The summed E-state index contributed by atoms with van der Waals surface area (Å²) in [5, 5.41) is 3.44. The molecule has 1 heterocycles. The normalized spacial score (nSPS) is 19.4. The molecule has 0 atom stereocenters. The summed E-state index contributed by atoms with van der Waals surface area (Å²) in [5.74, 6) is 0.875. The molecule has 0 aliphatic carbocycles. The lowest BCUT2D eigenvalue weighted by atomic mass is 9.98. The molecule has 3 heteroatoms. The summed E-state index contributed by atoms with van der Waals surface area (Å²) < 4.78 is 0. The standard InChI is InChI=1S/C10H23N3/c1-9(2)13-7-10(8-13)6-12-5-3-4-11/h9-10,12H,3-8,11H2,1-2H3. The van der Waals surface area contributed by atoms with Gasteiger partial charge in [-0.15, -0.1) is 0 Å². The van der Waals surface area contributed by atoms with E-state index in [-0.39, 0.29) is 0 Å². The van der Waals surface area contributed by atoms with Crippen LogP contribution in [-0.2, 0) is 0 Å². The average Bonchev–Trinajstić information content (AvgIpc) is 2.00. The Morgan fingerprint density at radius 2 is 2.15 bits per heavy atom. The predicted octanol–water partition coefficient (Wildman–Crippen LogP) is 0.265. The highest BCUT2D eigenvalue weighted by molar-refractivity contribution is 4.83. The van der Waals surface area contributed by atoms with Gasteiger partial charge in [0.15, 0.2) is 0 Å². The molecule has 0 bridgehead atoms. The summed E-state index contributed by atoms with van der Waals surface area (Å²) in [5.41, 5.74) is 5.41. The maximum Gasteiger partial charge on any atom is 0.00388 e. The molecule has 1 fully saturated rings. The molecule has 0 aromatic heterocycles. The van der Waals surface area contributed by atoms with Crippen molar-refractivity contribution in [3.05, 3.63) is 0 Å².